The molecule has 1 aliphatic heterocycles. The second kappa shape index (κ2) is 7.85. The minimum Gasteiger partial charge on any atom is -0.362 e. The second-order valence-electron chi connectivity index (χ2n) is 4.70. The molecule has 1 aromatic rings. The first-order valence-electron chi connectivity index (χ1n) is 6.89. The van der Waals surface area contributed by atoms with E-state index < -0.39 is 0 Å². The highest BCUT2D eigenvalue weighted by Gasteiger charge is 2.20. The molecule has 0 spiro atoms. The van der Waals surface area contributed by atoms with E-state index in [-0.39, 0.29) is 0 Å². The van der Waals surface area contributed by atoms with E-state index in [1.807, 2.05) is 23.5 Å². The van der Waals surface area contributed by atoms with Gasteiger partial charge in [-0.2, -0.15) is 11.8 Å². The summed E-state index contributed by atoms with van der Waals surface area (Å²) in [5.41, 5.74) is 1.32. The van der Waals surface area contributed by atoms with Gasteiger partial charge in [0.2, 0.25) is 0 Å². The average Bonchev–Trinajstić information content (AvgIpc) is 2.88. The smallest absolute Gasteiger partial charge is 0.157 e. The number of benzene rings is 1. The normalized spacial score (nSPS) is 20.1. The Morgan fingerprint density at radius 3 is 2.95 bits per heavy atom. The van der Waals surface area contributed by atoms with E-state index in [1.165, 1.54) is 23.5 Å². The maximum Gasteiger partial charge on any atom is 0.157 e. The molecular formula is C15H22N2S2. The van der Waals surface area contributed by atoms with Crippen molar-refractivity contribution in [2.45, 2.75) is 32.4 Å². The summed E-state index contributed by atoms with van der Waals surface area (Å²) in [7, 11) is 0. The molecule has 1 heterocycles. The van der Waals surface area contributed by atoms with Gasteiger partial charge in [-0.25, -0.2) is 0 Å². The zero-order chi connectivity index (χ0) is 13.5. The van der Waals surface area contributed by atoms with Crippen LogP contribution in [-0.2, 0) is 0 Å². The van der Waals surface area contributed by atoms with E-state index in [2.05, 4.69) is 49.5 Å². The highest BCUT2D eigenvalue weighted by atomic mass is 32.2. The van der Waals surface area contributed by atoms with E-state index in [4.69, 9.17) is 4.99 Å². The standard InChI is InChI=1S/C15H22N2S2/c1-3-18-10-9-12(2)16-15-17-14(11-19-15)13-7-5-4-6-8-13/h4-8,12,14H,3,9-11H2,1-2H3,(H,16,17). The number of rotatable bonds is 6. The summed E-state index contributed by atoms with van der Waals surface area (Å²) in [6, 6.07) is 11.4. The van der Waals surface area contributed by atoms with Gasteiger partial charge < -0.3 is 5.32 Å². The van der Waals surface area contributed by atoms with E-state index >= 15 is 0 Å². The fourth-order valence-corrected chi connectivity index (χ4v) is 3.86. The molecule has 0 aromatic heterocycles. The van der Waals surface area contributed by atoms with Crippen LogP contribution in [0.25, 0.3) is 0 Å². The lowest BCUT2D eigenvalue weighted by Crippen LogP contribution is -2.30. The second-order valence-corrected chi connectivity index (χ2v) is 7.11. The molecule has 0 saturated carbocycles. The maximum absolute atomic E-state index is 4.79. The summed E-state index contributed by atoms with van der Waals surface area (Å²) in [4.78, 5) is 4.79. The third-order valence-corrected chi connectivity index (χ3v) is 5.02. The lowest BCUT2D eigenvalue weighted by Gasteiger charge is -2.13. The molecule has 0 fully saturated rings. The number of hydrogen-bond donors (Lipinski definition) is 1. The number of nitrogens with one attached hydrogen (secondary N) is 1. The Morgan fingerprint density at radius 2 is 2.21 bits per heavy atom. The minimum atomic E-state index is 0.325. The molecule has 19 heavy (non-hydrogen) atoms. The molecule has 2 nitrogen and oxygen atoms in total. The summed E-state index contributed by atoms with van der Waals surface area (Å²) >= 11 is 3.85. The van der Waals surface area contributed by atoms with Crippen LogP contribution in [0.4, 0.5) is 0 Å². The molecule has 0 saturated heterocycles. The van der Waals surface area contributed by atoms with Crippen molar-refractivity contribution in [3.05, 3.63) is 35.9 Å². The van der Waals surface area contributed by atoms with Crippen LogP contribution in [0.2, 0.25) is 0 Å². The van der Waals surface area contributed by atoms with Crippen molar-refractivity contribution >= 4 is 28.7 Å². The summed E-state index contributed by atoms with van der Waals surface area (Å²) in [6.07, 6.45) is 1.20. The van der Waals surface area contributed by atoms with E-state index in [0.717, 1.165) is 10.9 Å². The van der Waals surface area contributed by atoms with Gasteiger partial charge in [-0.1, -0.05) is 49.0 Å². The van der Waals surface area contributed by atoms with Gasteiger partial charge in [0.25, 0.3) is 0 Å². The molecular weight excluding hydrogens is 272 g/mol. The highest BCUT2D eigenvalue weighted by Crippen LogP contribution is 2.29. The van der Waals surface area contributed by atoms with Crippen molar-refractivity contribution in [2.75, 3.05) is 17.3 Å². The predicted octanol–water partition coefficient (Wildman–Crippen LogP) is 3.95. The number of amidine groups is 1. The molecule has 0 aliphatic carbocycles. The van der Waals surface area contributed by atoms with Crippen LogP contribution in [0.5, 0.6) is 0 Å². The average molecular weight is 294 g/mol. The topological polar surface area (TPSA) is 24.4 Å². The van der Waals surface area contributed by atoms with E-state index in [1.54, 1.807) is 0 Å². The summed E-state index contributed by atoms with van der Waals surface area (Å²) in [5.74, 6) is 3.49. The van der Waals surface area contributed by atoms with Crippen molar-refractivity contribution in [3.8, 4) is 0 Å². The van der Waals surface area contributed by atoms with Gasteiger partial charge in [-0.3, -0.25) is 4.99 Å². The molecule has 2 unspecified atom stereocenters. The molecule has 2 atom stereocenters. The molecule has 2 rings (SSSR count). The highest BCUT2D eigenvalue weighted by molar-refractivity contribution is 8.14. The summed E-state index contributed by atoms with van der Waals surface area (Å²) in [5, 5.41) is 4.65. The lowest BCUT2D eigenvalue weighted by atomic mass is 10.1. The van der Waals surface area contributed by atoms with Crippen LogP contribution in [0.15, 0.2) is 35.3 Å². The Morgan fingerprint density at radius 1 is 1.42 bits per heavy atom. The Bertz CT molecular complexity index is 406. The number of nitrogens with zero attached hydrogens (tertiary/aromatic N) is 1. The van der Waals surface area contributed by atoms with Crippen molar-refractivity contribution in [1.29, 1.82) is 0 Å². The first-order chi connectivity index (χ1) is 9.29. The van der Waals surface area contributed by atoms with Crippen LogP contribution in [0.3, 0.4) is 0 Å². The van der Waals surface area contributed by atoms with Crippen molar-refractivity contribution in [2.24, 2.45) is 4.99 Å². The predicted molar refractivity (Wildman–Crippen MR) is 89.3 cm³/mol. The van der Waals surface area contributed by atoms with Crippen LogP contribution in [0, 0.1) is 0 Å². The first-order valence-corrected chi connectivity index (χ1v) is 9.03. The molecule has 0 bridgehead atoms. The Labute approximate surface area is 124 Å². The monoisotopic (exact) mass is 294 g/mol. The minimum absolute atomic E-state index is 0.325. The Hall–Kier alpha value is -0.610. The van der Waals surface area contributed by atoms with Gasteiger partial charge in [0.15, 0.2) is 5.17 Å². The molecule has 0 amide bonds. The Kier molecular flexibility index (Phi) is 6.11. The van der Waals surface area contributed by atoms with E-state index in [9.17, 15) is 0 Å². The molecule has 0 radical (unpaired) electrons. The molecule has 1 aromatic carbocycles. The van der Waals surface area contributed by atoms with Gasteiger partial charge in [0.05, 0.1) is 6.04 Å². The Balaban J connectivity index is 1.82. The van der Waals surface area contributed by atoms with Gasteiger partial charge in [-0.05, 0) is 30.4 Å². The van der Waals surface area contributed by atoms with Crippen molar-refractivity contribution in [1.82, 2.24) is 5.32 Å². The third kappa shape index (κ3) is 4.77. The lowest BCUT2D eigenvalue weighted by molar-refractivity contribution is 0.649. The zero-order valence-corrected chi connectivity index (χ0v) is 13.3. The van der Waals surface area contributed by atoms with Gasteiger partial charge in [-0.15, -0.1) is 0 Å². The summed E-state index contributed by atoms with van der Waals surface area (Å²) < 4.78 is 0. The van der Waals surface area contributed by atoms with Crippen LogP contribution >= 0.6 is 23.5 Å². The van der Waals surface area contributed by atoms with E-state index in [0.29, 0.717) is 12.1 Å². The maximum atomic E-state index is 4.79. The largest absolute Gasteiger partial charge is 0.362 e. The zero-order valence-electron chi connectivity index (χ0n) is 11.6. The number of aliphatic imine (C=N–C) groups is 1. The summed E-state index contributed by atoms with van der Waals surface area (Å²) in [6.45, 7) is 4.46. The fourth-order valence-electron chi connectivity index (χ4n) is 1.99. The number of hydrogen-bond acceptors (Lipinski definition) is 4. The van der Waals surface area contributed by atoms with Gasteiger partial charge in [0.1, 0.15) is 0 Å². The fraction of sp³-hybridized carbons (Fsp3) is 0.533. The van der Waals surface area contributed by atoms with Crippen molar-refractivity contribution < 1.29 is 0 Å². The van der Waals surface area contributed by atoms with Crippen LogP contribution in [-0.4, -0.2) is 28.5 Å². The number of thioether (sulfide) groups is 2. The molecule has 104 valence electrons. The molecule has 4 heteroatoms. The van der Waals surface area contributed by atoms with Gasteiger partial charge in [0, 0.05) is 11.8 Å². The quantitative estimate of drug-likeness (QED) is 0.804. The molecule has 1 N–H and O–H groups in total. The van der Waals surface area contributed by atoms with Gasteiger partial charge >= 0.3 is 0 Å². The van der Waals surface area contributed by atoms with Crippen molar-refractivity contribution in [3.63, 3.8) is 0 Å². The third-order valence-electron chi connectivity index (χ3n) is 3.10. The molecule has 1 aliphatic rings. The SMILES string of the molecule is CCSCCC(C)NC1=NC(c2ccccc2)CS1. The first kappa shape index (κ1) is 14.8. The van der Waals surface area contributed by atoms with Crippen LogP contribution < -0.4 is 5.32 Å². The van der Waals surface area contributed by atoms with Crippen LogP contribution in [0.1, 0.15) is 31.9 Å².